The van der Waals surface area contributed by atoms with Gasteiger partial charge in [0.2, 0.25) is 0 Å². The van der Waals surface area contributed by atoms with Gasteiger partial charge >= 0.3 is 8.80 Å². The molecule has 0 spiro atoms. The first-order valence-electron chi connectivity index (χ1n) is 5.55. The van der Waals surface area contributed by atoms with E-state index >= 15 is 0 Å². The zero-order chi connectivity index (χ0) is 11.7. The lowest BCUT2D eigenvalue weighted by molar-refractivity contribution is 0.122. The summed E-state index contributed by atoms with van der Waals surface area (Å²) in [5.41, 5.74) is 5.93. The van der Waals surface area contributed by atoms with Gasteiger partial charge in [-0.2, -0.15) is 0 Å². The summed E-state index contributed by atoms with van der Waals surface area (Å²) in [6.07, 6.45) is 4.24. The van der Waals surface area contributed by atoms with Crippen molar-refractivity contribution in [1.82, 2.24) is 0 Å². The summed E-state index contributed by atoms with van der Waals surface area (Å²) in [6, 6.07) is 1.14. The third kappa shape index (κ3) is 5.63. The second kappa shape index (κ2) is 8.24. The molecule has 0 aromatic carbocycles. The van der Waals surface area contributed by atoms with Crippen molar-refractivity contribution in [3.63, 3.8) is 0 Å². The Kier molecular flexibility index (Phi) is 8.27. The van der Waals surface area contributed by atoms with Crippen molar-refractivity contribution in [1.29, 1.82) is 0 Å². The summed E-state index contributed by atoms with van der Waals surface area (Å²) >= 11 is 0. The van der Waals surface area contributed by atoms with Gasteiger partial charge in [-0.25, -0.2) is 0 Å². The second-order valence-corrected chi connectivity index (χ2v) is 6.83. The van der Waals surface area contributed by atoms with E-state index in [0.717, 1.165) is 31.7 Å². The molecular weight excluding hydrogens is 210 g/mol. The van der Waals surface area contributed by atoms with E-state index in [0.29, 0.717) is 6.04 Å². The fourth-order valence-corrected chi connectivity index (χ4v) is 3.40. The van der Waals surface area contributed by atoms with E-state index in [1.165, 1.54) is 0 Å². The van der Waals surface area contributed by atoms with Crippen molar-refractivity contribution in [2.24, 2.45) is 5.73 Å². The molecule has 0 amide bonds. The van der Waals surface area contributed by atoms with Crippen molar-refractivity contribution in [2.45, 2.75) is 44.7 Å². The number of rotatable bonds is 9. The van der Waals surface area contributed by atoms with Gasteiger partial charge in [-0.15, -0.1) is 0 Å². The Labute approximate surface area is 94.5 Å². The zero-order valence-corrected chi connectivity index (χ0v) is 11.4. The van der Waals surface area contributed by atoms with Crippen LogP contribution >= 0.6 is 0 Å². The van der Waals surface area contributed by atoms with Gasteiger partial charge in [-0.3, -0.25) is 0 Å². The summed E-state index contributed by atoms with van der Waals surface area (Å²) in [5, 5.41) is 0. The van der Waals surface area contributed by atoms with Crippen LogP contribution in [0.25, 0.3) is 0 Å². The minimum Gasteiger partial charge on any atom is -0.377 e. The van der Waals surface area contributed by atoms with Crippen LogP contribution in [-0.4, -0.2) is 36.2 Å². The number of nitrogens with two attached hydrogens (primary N) is 1. The molecule has 4 nitrogen and oxygen atoms in total. The van der Waals surface area contributed by atoms with E-state index in [4.69, 9.17) is 19.0 Å². The van der Waals surface area contributed by atoms with Crippen LogP contribution in [0.1, 0.15) is 32.6 Å². The lowest BCUT2D eigenvalue weighted by Crippen LogP contribution is -2.42. The molecule has 0 aliphatic rings. The zero-order valence-electron chi connectivity index (χ0n) is 10.4. The summed E-state index contributed by atoms with van der Waals surface area (Å²) in [6.45, 7) is 2.15. The van der Waals surface area contributed by atoms with Gasteiger partial charge in [0.1, 0.15) is 0 Å². The molecule has 0 aliphatic carbocycles. The molecule has 0 saturated carbocycles. The third-order valence-electron chi connectivity index (χ3n) is 2.65. The van der Waals surface area contributed by atoms with Crippen molar-refractivity contribution in [3.05, 3.63) is 0 Å². The van der Waals surface area contributed by atoms with E-state index in [1.54, 1.807) is 21.3 Å². The first-order valence-corrected chi connectivity index (χ1v) is 7.48. The maximum atomic E-state index is 5.93. The van der Waals surface area contributed by atoms with E-state index in [-0.39, 0.29) is 0 Å². The average Bonchev–Trinajstić information content (AvgIpc) is 2.25. The van der Waals surface area contributed by atoms with Crippen molar-refractivity contribution in [3.8, 4) is 0 Å². The van der Waals surface area contributed by atoms with E-state index in [2.05, 4.69) is 6.92 Å². The number of hydrogen-bond donors (Lipinski definition) is 1. The Morgan fingerprint density at radius 2 is 1.60 bits per heavy atom. The molecule has 0 aromatic rings. The molecule has 0 bridgehead atoms. The van der Waals surface area contributed by atoms with Crippen LogP contribution in [0.3, 0.4) is 0 Å². The van der Waals surface area contributed by atoms with Crippen LogP contribution in [-0.2, 0) is 13.3 Å². The molecule has 5 heteroatoms. The SMILES string of the molecule is CCCC(N)CCC[Si](OC)(OC)OC. The summed E-state index contributed by atoms with van der Waals surface area (Å²) in [7, 11) is 2.57. The standard InChI is InChI=1S/C10H25NO3Si/c1-5-7-10(11)8-6-9-15(12-2,13-3)14-4/h10H,5-9,11H2,1-4H3. The highest BCUT2D eigenvalue weighted by Crippen LogP contribution is 2.17. The molecule has 1 unspecified atom stereocenters. The van der Waals surface area contributed by atoms with Gasteiger partial charge in [0, 0.05) is 33.4 Å². The maximum Gasteiger partial charge on any atom is 0.500 e. The van der Waals surface area contributed by atoms with Gasteiger partial charge in [0.05, 0.1) is 0 Å². The van der Waals surface area contributed by atoms with Crippen molar-refractivity contribution >= 4 is 8.80 Å². The Morgan fingerprint density at radius 3 is 2.00 bits per heavy atom. The molecule has 0 radical (unpaired) electrons. The van der Waals surface area contributed by atoms with Crippen LogP contribution in [0, 0.1) is 0 Å². The molecule has 2 N–H and O–H groups in total. The molecular formula is C10H25NO3Si. The van der Waals surface area contributed by atoms with Crippen LogP contribution < -0.4 is 5.73 Å². The molecule has 0 rings (SSSR count). The molecule has 0 aromatic heterocycles. The largest absolute Gasteiger partial charge is 0.500 e. The first-order chi connectivity index (χ1) is 7.14. The highest BCUT2D eigenvalue weighted by molar-refractivity contribution is 6.60. The van der Waals surface area contributed by atoms with Crippen LogP contribution in [0.15, 0.2) is 0 Å². The van der Waals surface area contributed by atoms with Crippen LogP contribution in [0.4, 0.5) is 0 Å². The van der Waals surface area contributed by atoms with Crippen molar-refractivity contribution in [2.75, 3.05) is 21.3 Å². The van der Waals surface area contributed by atoms with Gasteiger partial charge in [-0.05, 0) is 19.3 Å². The minimum absolute atomic E-state index is 0.298. The normalized spacial score (nSPS) is 14.2. The van der Waals surface area contributed by atoms with E-state index in [1.807, 2.05) is 0 Å². The van der Waals surface area contributed by atoms with E-state index in [9.17, 15) is 0 Å². The first kappa shape index (κ1) is 15.1. The van der Waals surface area contributed by atoms with Gasteiger partial charge in [0.25, 0.3) is 0 Å². The maximum absolute atomic E-state index is 5.93. The van der Waals surface area contributed by atoms with Gasteiger partial charge in [-0.1, -0.05) is 13.3 Å². The topological polar surface area (TPSA) is 53.7 Å². The van der Waals surface area contributed by atoms with E-state index < -0.39 is 8.80 Å². The fourth-order valence-electron chi connectivity index (χ4n) is 1.65. The Bertz CT molecular complexity index is 145. The van der Waals surface area contributed by atoms with Crippen molar-refractivity contribution < 1.29 is 13.3 Å². The predicted octanol–water partition coefficient (Wildman–Crippen LogP) is 1.77. The molecule has 92 valence electrons. The van der Waals surface area contributed by atoms with Gasteiger partial charge < -0.3 is 19.0 Å². The molecule has 15 heavy (non-hydrogen) atoms. The predicted molar refractivity (Wildman–Crippen MR) is 63.7 cm³/mol. The summed E-state index contributed by atoms with van der Waals surface area (Å²) in [5.74, 6) is 0. The highest BCUT2D eigenvalue weighted by Gasteiger charge is 2.36. The molecule has 0 saturated heterocycles. The Balaban J connectivity index is 3.80. The Hall–Kier alpha value is 0.0569. The fraction of sp³-hybridized carbons (Fsp3) is 1.00. The lowest BCUT2D eigenvalue weighted by Gasteiger charge is -2.24. The van der Waals surface area contributed by atoms with Gasteiger partial charge in [0.15, 0.2) is 0 Å². The summed E-state index contributed by atoms with van der Waals surface area (Å²) in [4.78, 5) is 0. The monoisotopic (exact) mass is 235 g/mol. The molecule has 0 heterocycles. The third-order valence-corrected chi connectivity index (χ3v) is 5.48. The highest BCUT2D eigenvalue weighted by atomic mass is 28.4. The summed E-state index contributed by atoms with van der Waals surface area (Å²) < 4.78 is 16.0. The minimum atomic E-state index is -2.36. The lowest BCUT2D eigenvalue weighted by atomic mass is 10.1. The van der Waals surface area contributed by atoms with Crippen LogP contribution in [0.2, 0.25) is 6.04 Å². The smallest absolute Gasteiger partial charge is 0.377 e. The number of hydrogen-bond acceptors (Lipinski definition) is 4. The molecule has 1 atom stereocenters. The second-order valence-electron chi connectivity index (χ2n) is 3.74. The molecule has 0 fully saturated rings. The quantitative estimate of drug-likeness (QED) is 0.619. The average molecular weight is 235 g/mol. The van der Waals surface area contributed by atoms with Crippen LogP contribution in [0.5, 0.6) is 0 Å². The molecule has 0 aliphatic heterocycles. The Morgan fingerprint density at radius 1 is 1.07 bits per heavy atom.